The zero-order chi connectivity index (χ0) is 14.8. The highest BCUT2D eigenvalue weighted by Gasteiger charge is 2.18. The van der Waals surface area contributed by atoms with Crippen molar-refractivity contribution in [2.75, 3.05) is 6.61 Å². The van der Waals surface area contributed by atoms with E-state index in [0.29, 0.717) is 11.5 Å². The molecule has 0 bridgehead atoms. The molecule has 6 heteroatoms. The summed E-state index contributed by atoms with van der Waals surface area (Å²) in [5.74, 6) is -0.284. The number of hydrogen-bond acceptors (Lipinski definition) is 6. The Morgan fingerprint density at radius 3 is 2.71 bits per heavy atom. The number of nitrogens with zero attached hydrogens (tertiary/aromatic N) is 1. The average Bonchev–Trinajstić information content (AvgIpc) is 3.18. The van der Waals surface area contributed by atoms with E-state index < -0.39 is 0 Å². The number of thiazole rings is 1. The Kier molecular flexibility index (Phi) is 4.19. The van der Waals surface area contributed by atoms with Crippen LogP contribution >= 0.6 is 34.0 Å². The first kappa shape index (κ1) is 14.4. The average molecular weight is 335 g/mol. The second kappa shape index (κ2) is 6.09. The number of carbonyl (C=O) groups excluding carboxylic acids is 1. The first-order valence-corrected chi connectivity index (χ1v) is 8.99. The highest BCUT2D eigenvalue weighted by Crippen LogP contribution is 2.38. The predicted molar refractivity (Wildman–Crippen MR) is 89.4 cm³/mol. The van der Waals surface area contributed by atoms with E-state index in [1.54, 1.807) is 22.7 Å². The van der Waals surface area contributed by atoms with E-state index in [1.807, 2.05) is 19.9 Å². The fourth-order valence-electron chi connectivity index (χ4n) is 1.89. The molecule has 3 aromatic heterocycles. The second-order valence-corrected chi connectivity index (χ2v) is 7.33. The summed E-state index contributed by atoms with van der Waals surface area (Å²) in [4.78, 5) is 20.5. The second-order valence-electron chi connectivity index (χ2n) is 4.30. The molecule has 0 aromatic carbocycles. The van der Waals surface area contributed by atoms with Crippen molar-refractivity contribution >= 4 is 40.0 Å². The van der Waals surface area contributed by atoms with Crippen LogP contribution in [0.2, 0.25) is 0 Å². The molecule has 0 amide bonds. The SMILES string of the molecule is CCOC(=O)c1sc(-c2ccc(-c3cccs3)s2)nc1C. The molecule has 0 atom stereocenters. The summed E-state index contributed by atoms with van der Waals surface area (Å²) >= 11 is 4.82. The van der Waals surface area contributed by atoms with Gasteiger partial charge in [0.2, 0.25) is 0 Å². The van der Waals surface area contributed by atoms with Gasteiger partial charge in [0, 0.05) is 9.75 Å². The van der Waals surface area contributed by atoms with Gasteiger partial charge in [0.1, 0.15) is 9.88 Å². The Balaban J connectivity index is 1.91. The van der Waals surface area contributed by atoms with Crippen LogP contribution in [0.1, 0.15) is 22.3 Å². The minimum atomic E-state index is -0.284. The van der Waals surface area contributed by atoms with E-state index in [1.165, 1.54) is 21.1 Å². The largest absolute Gasteiger partial charge is 0.462 e. The van der Waals surface area contributed by atoms with E-state index in [2.05, 4.69) is 28.6 Å². The van der Waals surface area contributed by atoms with Gasteiger partial charge in [-0.1, -0.05) is 6.07 Å². The normalized spacial score (nSPS) is 10.8. The molecule has 3 rings (SSSR count). The Hall–Kier alpha value is -1.50. The van der Waals surface area contributed by atoms with Gasteiger partial charge >= 0.3 is 5.97 Å². The summed E-state index contributed by atoms with van der Waals surface area (Å²) in [6.45, 7) is 4.04. The van der Waals surface area contributed by atoms with Gasteiger partial charge in [-0.2, -0.15) is 0 Å². The molecule has 0 aliphatic rings. The molecule has 3 heterocycles. The fourth-order valence-corrected chi connectivity index (χ4v) is 4.75. The maximum Gasteiger partial charge on any atom is 0.350 e. The first-order valence-electron chi connectivity index (χ1n) is 6.47. The van der Waals surface area contributed by atoms with E-state index in [9.17, 15) is 4.79 Å². The lowest BCUT2D eigenvalue weighted by molar-refractivity contribution is 0.0531. The van der Waals surface area contributed by atoms with Crippen LogP contribution in [-0.2, 0) is 4.74 Å². The Morgan fingerprint density at radius 1 is 1.19 bits per heavy atom. The maximum absolute atomic E-state index is 11.9. The molecule has 0 fully saturated rings. The molecule has 0 aliphatic carbocycles. The van der Waals surface area contributed by atoms with Crippen molar-refractivity contribution in [3.8, 4) is 19.6 Å². The van der Waals surface area contributed by atoms with Crippen molar-refractivity contribution in [2.45, 2.75) is 13.8 Å². The third kappa shape index (κ3) is 2.92. The summed E-state index contributed by atoms with van der Waals surface area (Å²) in [5.41, 5.74) is 0.736. The quantitative estimate of drug-likeness (QED) is 0.624. The number of aryl methyl sites for hydroxylation is 1. The van der Waals surface area contributed by atoms with Crippen LogP contribution in [0.25, 0.3) is 19.6 Å². The van der Waals surface area contributed by atoms with Crippen LogP contribution in [0.4, 0.5) is 0 Å². The fraction of sp³-hybridized carbons (Fsp3) is 0.200. The van der Waals surface area contributed by atoms with E-state index in [-0.39, 0.29) is 5.97 Å². The Morgan fingerprint density at radius 2 is 2.00 bits per heavy atom. The molecular weight excluding hydrogens is 322 g/mol. The lowest BCUT2D eigenvalue weighted by Gasteiger charge is -1.97. The molecule has 3 nitrogen and oxygen atoms in total. The molecule has 0 saturated carbocycles. The van der Waals surface area contributed by atoms with Crippen molar-refractivity contribution in [3.05, 3.63) is 40.2 Å². The number of aromatic nitrogens is 1. The molecule has 0 unspecified atom stereocenters. The molecular formula is C15H13NO2S3. The topological polar surface area (TPSA) is 39.2 Å². The van der Waals surface area contributed by atoms with Gasteiger partial charge in [0.25, 0.3) is 0 Å². The van der Waals surface area contributed by atoms with Gasteiger partial charge in [-0.15, -0.1) is 34.0 Å². The van der Waals surface area contributed by atoms with Crippen LogP contribution in [0.3, 0.4) is 0 Å². The van der Waals surface area contributed by atoms with Gasteiger partial charge in [0.15, 0.2) is 0 Å². The summed E-state index contributed by atoms with van der Waals surface area (Å²) in [6.07, 6.45) is 0. The molecule has 0 radical (unpaired) electrons. The number of esters is 1. The van der Waals surface area contributed by atoms with Crippen LogP contribution in [0, 0.1) is 6.92 Å². The van der Waals surface area contributed by atoms with Crippen molar-refractivity contribution < 1.29 is 9.53 Å². The van der Waals surface area contributed by atoms with Crippen molar-refractivity contribution in [1.82, 2.24) is 4.98 Å². The molecule has 0 aliphatic heterocycles. The van der Waals surface area contributed by atoms with Gasteiger partial charge in [-0.25, -0.2) is 9.78 Å². The maximum atomic E-state index is 11.9. The molecule has 21 heavy (non-hydrogen) atoms. The summed E-state index contributed by atoms with van der Waals surface area (Å²) in [7, 11) is 0. The minimum absolute atomic E-state index is 0.284. The van der Waals surface area contributed by atoms with Gasteiger partial charge in [-0.3, -0.25) is 0 Å². The summed E-state index contributed by atoms with van der Waals surface area (Å²) < 4.78 is 5.06. The first-order chi connectivity index (χ1) is 10.2. The minimum Gasteiger partial charge on any atom is -0.462 e. The summed E-state index contributed by atoms with van der Waals surface area (Å²) in [6, 6.07) is 8.32. The van der Waals surface area contributed by atoms with Crippen molar-refractivity contribution in [3.63, 3.8) is 0 Å². The molecule has 0 saturated heterocycles. The Bertz CT molecular complexity index is 756. The number of rotatable bonds is 4. The molecule has 0 spiro atoms. The van der Waals surface area contributed by atoms with Crippen LogP contribution < -0.4 is 0 Å². The number of thiophene rings is 2. The third-order valence-corrected chi connectivity index (χ3v) is 6.30. The third-order valence-electron chi connectivity index (χ3n) is 2.84. The number of ether oxygens (including phenoxy) is 1. The van der Waals surface area contributed by atoms with Gasteiger partial charge < -0.3 is 4.74 Å². The number of carbonyl (C=O) groups is 1. The number of hydrogen-bond donors (Lipinski definition) is 0. The highest BCUT2D eigenvalue weighted by molar-refractivity contribution is 7.26. The van der Waals surface area contributed by atoms with E-state index in [4.69, 9.17) is 4.74 Å². The molecule has 3 aromatic rings. The summed E-state index contributed by atoms with van der Waals surface area (Å²) in [5, 5.41) is 2.95. The van der Waals surface area contributed by atoms with Crippen molar-refractivity contribution in [1.29, 1.82) is 0 Å². The molecule has 0 N–H and O–H groups in total. The van der Waals surface area contributed by atoms with Gasteiger partial charge in [-0.05, 0) is 37.4 Å². The molecule has 108 valence electrons. The zero-order valence-electron chi connectivity index (χ0n) is 11.6. The highest BCUT2D eigenvalue weighted by atomic mass is 32.1. The van der Waals surface area contributed by atoms with Crippen molar-refractivity contribution in [2.24, 2.45) is 0 Å². The van der Waals surface area contributed by atoms with E-state index in [0.717, 1.165) is 15.6 Å². The van der Waals surface area contributed by atoms with E-state index >= 15 is 0 Å². The lowest BCUT2D eigenvalue weighted by Crippen LogP contribution is -2.03. The zero-order valence-corrected chi connectivity index (χ0v) is 14.0. The smallest absolute Gasteiger partial charge is 0.350 e. The monoisotopic (exact) mass is 335 g/mol. The van der Waals surface area contributed by atoms with Crippen LogP contribution in [-0.4, -0.2) is 17.6 Å². The van der Waals surface area contributed by atoms with Gasteiger partial charge in [0.05, 0.1) is 17.2 Å². The Labute approximate surface area is 134 Å². The lowest BCUT2D eigenvalue weighted by atomic mass is 10.3. The standard InChI is InChI=1S/C15H13NO2S3/c1-3-18-15(17)13-9(2)16-14(21-13)12-7-6-11(20-12)10-5-4-8-19-10/h4-8H,3H2,1-2H3. The van der Waals surface area contributed by atoms with Crippen LogP contribution in [0.15, 0.2) is 29.6 Å². The van der Waals surface area contributed by atoms with Crippen LogP contribution in [0.5, 0.6) is 0 Å². The predicted octanol–water partition coefficient (Wildman–Crippen LogP) is 5.09.